The van der Waals surface area contributed by atoms with Gasteiger partial charge in [0.25, 0.3) is 0 Å². The largest absolute Gasteiger partial charge is 0.494 e. The number of alkyl halides is 2. The van der Waals surface area contributed by atoms with E-state index in [0.717, 1.165) is 11.4 Å². The minimum absolute atomic E-state index is 0.186. The highest BCUT2D eigenvalue weighted by atomic mass is 35.5. The van der Waals surface area contributed by atoms with Crippen LogP contribution in [0.1, 0.15) is 37.5 Å². The van der Waals surface area contributed by atoms with Gasteiger partial charge >= 0.3 is 12.7 Å². The van der Waals surface area contributed by atoms with E-state index in [4.69, 9.17) is 37.4 Å². The minimum Gasteiger partial charge on any atom is -0.494 e. The maximum absolute atomic E-state index is 13.3. The van der Waals surface area contributed by atoms with E-state index in [-0.39, 0.29) is 12.3 Å². The van der Waals surface area contributed by atoms with Gasteiger partial charge in [-0.2, -0.15) is 5.26 Å². The maximum atomic E-state index is 13.3. The van der Waals surface area contributed by atoms with Crippen molar-refractivity contribution in [3.8, 4) is 23.3 Å². The molecule has 0 heterocycles. The molecular formula is C30H31Cl2N2O7PS. The zero-order valence-corrected chi connectivity index (χ0v) is 27.1. The fourth-order valence-corrected chi connectivity index (χ4v) is 6.64. The molecule has 3 unspecified atom stereocenters. The van der Waals surface area contributed by atoms with Gasteiger partial charge < -0.3 is 18.7 Å². The summed E-state index contributed by atoms with van der Waals surface area (Å²) in [4.78, 5) is 23.7. The zero-order valence-electron chi connectivity index (χ0n) is 23.9. The van der Waals surface area contributed by atoms with Crippen LogP contribution in [0.25, 0.3) is 0 Å². The Morgan fingerprint density at radius 2 is 1.67 bits per heavy atom. The first-order chi connectivity index (χ1) is 20.4. The Morgan fingerprint density at radius 1 is 1.05 bits per heavy atom. The van der Waals surface area contributed by atoms with Crippen molar-refractivity contribution in [2.75, 3.05) is 20.0 Å². The third kappa shape index (κ3) is 8.69. The van der Waals surface area contributed by atoms with Crippen LogP contribution >= 0.6 is 41.3 Å². The Kier molecular flexibility index (Phi) is 12.0. The Balaban J connectivity index is 0.000000436. The van der Waals surface area contributed by atoms with Gasteiger partial charge in [-0.1, -0.05) is 77.0 Å². The molecule has 3 aromatic rings. The lowest BCUT2D eigenvalue weighted by Gasteiger charge is -2.20. The average molecular weight is 666 g/mol. The van der Waals surface area contributed by atoms with E-state index >= 15 is 0 Å². The van der Waals surface area contributed by atoms with Crippen molar-refractivity contribution >= 4 is 53.2 Å². The highest BCUT2D eigenvalue weighted by Gasteiger charge is 2.73. The molecule has 4 rings (SSSR count). The molecule has 0 saturated heterocycles. The van der Waals surface area contributed by atoms with Crippen molar-refractivity contribution in [2.24, 2.45) is 0 Å². The number of nitrogens with one attached hydrogen (secondary N) is 1. The van der Waals surface area contributed by atoms with Gasteiger partial charge in [-0.05, 0) is 55.1 Å². The molecule has 1 aliphatic carbocycles. The predicted octanol–water partition coefficient (Wildman–Crippen LogP) is 7.74. The maximum Gasteiger partial charge on any atom is 0.352 e. The smallest absolute Gasteiger partial charge is 0.352 e. The van der Waals surface area contributed by atoms with Crippen molar-refractivity contribution in [1.29, 1.82) is 5.26 Å². The van der Waals surface area contributed by atoms with Gasteiger partial charge in [-0.15, -0.1) is 0 Å². The van der Waals surface area contributed by atoms with E-state index in [9.17, 15) is 19.4 Å². The van der Waals surface area contributed by atoms with Crippen molar-refractivity contribution in [3.05, 3.63) is 90.0 Å². The fraction of sp³-hybridized carbons (Fsp3) is 0.300. The Hall–Kier alpha value is -3.19. The lowest BCUT2D eigenvalue weighted by Crippen LogP contribution is -2.30. The number of benzene rings is 3. The number of rotatable bonds is 11. The van der Waals surface area contributed by atoms with Crippen molar-refractivity contribution in [3.63, 3.8) is 0 Å². The minimum atomic E-state index is -2.92. The first-order valence-corrected chi connectivity index (χ1v) is 17.2. The zero-order chi connectivity index (χ0) is 31.7. The van der Waals surface area contributed by atoms with Crippen LogP contribution in [0.2, 0.25) is 0 Å². The highest BCUT2D eigenvalue weighted by Crippen LogP contribution is 2.65. The van der Waals surface area contributed by atoms with E-state index in [1.165, 1.54) is 14.0 Å². The van der Waals surface area contributed by atoms with Gasteiger partial charge in [0.1, 0.15) is 33.1 Å². The van der Waals surface area contributed by atoms with Crippen molar-refractivity contribution in [1.82, 2.24) is 5.09 Å². The van der Waals surface area contributed by atoms with Gasteiger partial charge in [-0.3, -0.25) is 19.2 Å². The summed E-state index contributed by atoms with van der Waals surface area (Å²) in [5, 5.41) is 12.0. The first kappa shape index (κ1) is 34.3. The van der Waals surface area contributed by atoms with Crippen molar-refractivity contribution < 1.29 is 32.9 Å². The quantitative estimate of drug-likeness (QED) is 0.124. The van der Waals surface area contributed by atoms with Crippen molar-refractivity contribution in [2.45, 2.75) is 36.1 Å². The van der Waals surface area contributed by atoms with Gasteiger partial charge in [0.05, 0.1) is 6.61 Å². The molecule has 0 spiro atoms. The molecule has 9 nitrogen and oxygen atoms in total. The van der Waals surface area contributed by atoms with Crippen LogP contribution in [-0.2, 0) is 28.8 Å². The molecule has 43 heavy (non-hydrogen) atoms. The number of para-hydroxylation sites is 1. The van der Waals surface area contributed by atoms with Crippen LogP contribution in [0, 0.1) is 11.3 Å². The number of hydrogen-bond donors (Lipinski definition) is 1. The summed E-state index contributed by atoms with van der Waals surface area (Å²) in [6, 6.07) is 25.1. The molecule has 13 heteroatoms. The van der Waals surface area contributed by atoms with Gasteiger partial charge in [-0.25, -0.2) is 0 Å². The highest BCUT2D eigenvalue weighted by molar-refractivity contribution is 8.55. The van der Waals surface area contributed by atoms with E-state index in [2.05, 4.69) is 9.61 Å². The summed E-state index contributed by atoms with van der Waals surface area (Å²) in [5.74, 6) is 0.843. The van der Waals surface area contributed by atoms with Crippen LogP contribution in [0.15, 0.2) is 78.9 Å². The van der Waals surface area contributed by atoms with E-state index in [1.54, 1.807) is 54.8 Å². The van der Waals surface area contributed by atoms with Gasteiger partial charge in [0.15, 0.2) is 0 Å². The average Bonchev–Trinajstić information content (AvgIpc) is 3.60. The van der Waals surface area contributed by atoms with Crippen LogP contribution in [-0.4, -0.2) is 36.2 Å². The van der Waals surface area contributed by atoms with E-state index in [0.29, 0.717) is 35.0 Å². The molecular weight excluding hydrogens is 634 g/mol. The second-order valence-electron chi connectivity index (χ2n) is 9.18. The van der Waals surface area contributed by atoms with Crippen LogP contribution < -0.4 is 14.6 Å². The van der Waals surface area contributed by atoms with Gasteiger partial charge in [0, 0.05) is 26.0 Å². The topological polar surface area (TPSA) is 124 Å². The molecule has 1 saturated carbocycles. The van der Waals surface area contributed by atoms with E-state index < -0.39 is 28.5 Å². The van der Waals surface area contributed by atoms with E-state index in [1.807, 2.05) is 43.3 Å². The summed E-state index contributed by atoms with van der Waals surface area (Å²) < 4.78 is 31.4. The molecule has 1 aliphatic rings. The summed E-state index contributed by atoms with van der Waals surface area (Å²) >= 11 is 13.8. The number of nitriles is 1. The molecule has 0 radical (unpaired) electrons. The monoisotopic (exact) mass is 664 g/mol. The second kappa shape index (κ2) is 15.0. The van der Waals surface area contributed by atoms with Crippen LogP contribution in [0.5, 0.6) is 17.2 Å². The van der Waals surface area contributed by atoms with Crippen LogP contribution in [0.4, 0.5) is 0 Å². The third-order valence-electron chi connectivity index (χ3n) is 6.25. The molecule has 228 valence electrons. The first-order valence-electron chi connectivity index (χ1n) is 13.0. The Morgan fingerprint density at radius 3 is 2.16 bits per heavy atom. The lowest BCUT2D eigenvalue weighted by atomic mass is 9.95. The number of ether oxygens (including phenoxy) is 3. The summed E-state index contributed by atoms with van der Waals surface area (Å²) in [6.07, 6.45) is 0.645. The summed E-state index contributed by atoms with van der Waals surface area (Å²) in [5.41, 5.74) is -0.163. The normalized spacial score (nSPS) is 18.3. The standard InChI is InChI=1S/C26H21Cl2NO4.C4H10NO3PS/c1-2-31-20-13-11-19(12-14-20)25(17-26(25,27)28)24(30)33-23(16-29)18-7-6-10-22(15-18)32-21-8-4-3-5-9-21;1-4(6)5-9(7,8-2)10-3/h3-15,23H,2,17H2,1H3;1-3H3,(H,5,6,7). The molecule has 0 aliphatic heterocycles. The lowest BCUT2D eigenvalue weighted by molar-refractivity contribution is -0.150. The predicted molar refractivity (Wildman–Crippen MR) is 168 cm³/mol. The third-order valence-corrected chi connectivity index (χ3v) is 10.9. The Bertz CT molecular complexity index is 1490. The van der Waals surface area contributed by atoms with Crippen LogP contribution in [0.3, 0.4) is 0 Å². The molecule has 0 bridgehead atoms. The molecule has 1 N–H and O–H groups in total. The number of hydrogen-bond acceptors (Lipinski definition) is 9. The summed E-state index contributed by atoms with van der Waals surface area (Å²) in [7, 11) is 1.30. The molecule has 3 atom stereocenters. The molecule has 3 aromatic carbocycles. The Labute approximate surface area is 265 Å². The second-order valence-corrected chi connectivity index (χ2v) is 15.1. The number of amides is 1. The number of esters is 1. The number of carbonyl (C=O) groups is 2. The SMILES string of the molecule is CCOc1ccc(C2(C(=O)OC(C#N)c3cccc(Oc4ccccc4)c3)CC2(Cl)Cl)cc1.COP(=O)(NC(C)=O)SC. The molecule has 1 amide bonds. The molecule has 1 fully saturated rings. The number of carbonyl (C=O) groups excluding carboxylic acids is 2. The summed E-state index contributed by atoms with van der Waals surface area (Å²) in [6.45, 7) is 0.787. The van der Waals surface area contributed by atoms with Gasteiger partial charge in [0.2, 0.25) is 12.0 Å². The number of nitrogens with zero attached hydrogens (tertiary/aromatic N) is 1. The number of halogens is 2. The fourth-order valence-electron chi connectivity index (χ4n) is 4.04. The molecule has 0 aromatic heterocycles.